The molecule has 25 heavy (non-hydrogen) atoms. The molecule has 0 unspecified atom stereocenters. The number of fused-ring (bicyclic) bond motifs is 1. The van der Waals surface area contributed by atoms with Crippen LogP contribution in [0.3, 0.4) is 0 Å². The third-order valence-corrected chi connectivity index (χ3v) is 6.19. The fraction of sp³-hybridized carbons (Fsp3) is 0.294. The number of ketones is 1. The lowest BCUT2D eigenvalue weighted by Gasteiger charge is -2.04. The van der Waals surface area contributed by atoms with E-state index in [9.17, 15) is 4.79 Å². The van der Waals surface area contributed by atoms with Crippen molar-refractivity contribution < 1.29 is 14.3 Å². The van der Waals surface area contributed by atoms with Gasteiger partial charge in [0.25, 0.3) is 0 Å². The second-order valence-electron chi connectivity index (χ2n) is 5.72. The Labute approximate surface area is 152 Å². The van der Waals surface area contributed by atoms with Gasteiger partial charge in [-0.1, -0.05) is 18.7 Å². The second kappa shape index (κ2) is 6.27. The van der Waals surface area contributed by atoms with E-state index in [1.807, 2.05) is 32.1 Å². The number of allylic oxidation sites excluding steroid dienone is 1. The van der Waals surface area contributed by atoms with Crippen molar-refractivity contribution in [2.45, 2.75) is 26.2 Å². The van der Waals surface area contributed by atoms with Crippen LogP contribution in [0.5, 0.6) is 11.5 Å². The van der Waals surface area contributed by atoms with E-state index in [0.717, 1.165) is 28.3 Å². The molecule has 2 aromatic rings. The summed E-state index contributed by atoms with van der Waals surface area (Å²) in [6, 6.07) is 3.77. The van der Waals surface area contributed by atoms with Gasteiger partial charge in [0, 0.05) is 0 Å². The third-order valence-electron chi connectivity index (χ3n) is 4.07. The van der Waals surface area contributed by atoms with E-state index >= 15 is 0 Å². The van der Waals surface area contributed by atoms with Crippen LogP contribution in [-0.2, 0) is 11.2 Å². The number of thioether (sulfide) groups is 1. The smallest absolute Gasteiger partial charge is 0.231 e. The maximum Gasteiger partial charge on any atom is 0.231 e. The van der Waals surface area contributed by atoms with Crippen molar-refractivity contribution in [2.75, 3.05) is 6.79 Å². The molecule has 0 spiro atoms. The molecule has 0 bridgehead atoms. The summed E-state index contributed by atoms with van der Waals surface area (Å²) in [6.07, 6.45) is 2.60. The number of rotatable bonds is 3. The maximum atomic E-state index is 12.8. The highest BCUT2D eigenvalue weighted by molar-refractivity contribution is 8.19. The molecule has 2 aliphatic heterocycles. The van der Waals surface area contributed by atoms with Gasteiger partial charge in [-0.3, -0.25) is 10.2 Å². The van der Waals surface area contributed by atoms with Gasteiger partial charge in [0.15, 0.2) is 17.3 Å². The lowest BCUT2D eigenvalue weighted by atomic mass is 10.0. The van der Waals surface area contributed by atoms with Crippen molar-refractivity contribution in [1.29, 1.82) is 5.41 Å². The summed E-state index contributed by atoms with van der Waals surface area (Å²) in [7, 11) is 0. The van der Waals surface area contributed by atoms with E-state index < -0.39 is 5.92 Å². The molecule has 4 rings (SSSR count). The Morgan fingerprint density at radius 1 is 1.32 bits per heavy atom. The molecule has 2 aliphatic rings. The molecular weight excluding hydrogens is 358 g/mol. The van der Waals surface area contributed by atoms with Crippen molar-refractivity contribution in [3.05, 3.63) is 38.2 Å². The molecule has 0 radical (unpaired) electrons. The lowest BCUT2D eigenvalue weighted by molar-refractivity contribution is -0.114. The largest absolute Gasteiger partial charge is 0.454 e. The molecule has 1 aromatic carbocycles. The molecule has 1 N–H and O–H groups in total. The average Bonchev–Trinajstić information content (AvgIpc) is 3.28. The van der Waals surface area contributed by atoms with Crippen molar-refractivity contribution in [2.24, 2.45) is 0 Å². The number of aromatic nitrogens is 2. The summed E-state index contributed by atoms with van der Waals surface area (Å²) in [5.41, 5.74) is 1.88. The van der Waals surface area contributed by atoms with Gasteiger partial charge in [-0.2, -0.15) is 0 Å². The number of hydrogen-bond acceptors (Lipinski definition) is 8. The highest BCUT2D eigenvalue weighted by Crippen LogP contribution is 2.42. The predicted octanol–water partition coefficient (Wildman–Crippen LogP) is 3.56. The zero-order chi connectivity index (χ0) is 17.6. The first kappa shape index (κ1) is 16.3. The minimum Gasteiger partial charge on any atom is -0.454 e. The number of carbonyl (C=O) groups is 1. The minimum atomic E-state index is -0.622. The Morgan fingerprint density at radius 2 is 2.08 bits per heavy atom. The van der Waals surface area contributed by atoms with Crippen LogP contribution in [0.15, 0.2) is 17.0 Å². The molecular formula is C17H15N3O3S2. The van der Waals surface area contributed by atoms with E-state index in [0.29, 0.717) is 20.7 Å². The number of ether oxygens (including phenoxy) is 2. The molecule has 0 amide bonds. The van der Waals surface area contributed by atoms with Crippen LogP contribution >= 0.6 is 23.1 Å². The molecule has 6 nitrogen and oxygen atoms in total. The Balaban J connectivity index is 1.67. The van der Waals surface area contributed by atoms with Crippen LogP contribution in [-0.4, -0.2) is 27.8 Å². The number of carbonyl (C=O) groups excluding carboxylic acids is 1. The number of Topliss-reactive ketones (excluding diaryl/α,β-unsaturated/α-hetero) is 1. The predicted molar refractivity (Wildman–Crippen MR) is 97.6 cm³/mol. The topological polar surface area (TPSA) is 85.2 Å². The Hall–Kier alpha value is -2.19. The number of benzene rings is 1. The molecule has 1 saturated heterocycles. The van der Waals surface area contributed by atoms with Gasteiger partial charge < -0.3 is 9.47 Å². The van der Waals surface area contributed by atoms with Gasteiger partial charge in [-0.05, 0) is 42.7 Å². The van der Waals surface area contributed by atoms with E-state index in [-0.39, 0.29) is 12.6 Å². The van der Waals surface area contributed by atoms with Crippen molar-refractivity contribution in [1.82, 2.24) is 10.2 Å². The first-order valence-electron chi connectivity index (χ1n) is 7.81. The summed E-state index contributed by atoms with van der Waals surface area (Å²) in [5, 5.41) is 18.2. The first-order valence-corrected chi connectivity index (χ1v) is 9.45. The standard InChI is InChI=1S/C17H15N3O3S2/c1-3-13-19-20-17(25-13)14-15(21)12(24-16(14)18)6-9-5-11-10(4-8(9)2)22-7-23-11/h4-6,14,18H,3,7H2,1-2H3/b12-6-,18-16?/t14-/m0/s1. The molecule has 0 aliphatic carbocycles. The normalized spacial score (nSPS) is 20.7. The van der Waals surface area contributed by atoms with Crippen LogP contribution in [0.4, 0.5) is 0 Å². The number of nitrogens with zero attached hydrogens (tertiary/aromatic N) is 2. The monoisotopic (exact) mass is 373 g/mol. The van der Waals surface area contributed by atoms with Crippen LogP contribution in [0, 0.1) is 12.3 Å². The van der Waals surface area contributed by atoms with E-state index in [2.05, 4.69) is 10.2 Å². The van der Waals surface area contributed by atoms with Crippen molar-refractivity contribution in [3.63, 3.8) is 0 Å². The summed E-state index contributed by atoms with van der Waals surface area (Å²) in [4.78, 5) is 13.4. The zero-order valence-electron chi connectivity index (χ0n) is 13.7. The van der Waals surface area contributed by atoms with Crippen LogP contribution < -0.4 is 9.47 Å². The lowest BCUT2D eigenvalue weighted by Crippen LogP contribution is -2.11. The van der Waals surface area contributed by atoms with Crippen LogP contribution in [0.25, 0.3) is 6.08 Å². The molecule has 1 aromatic heterocycles. The fourth-order valence-corrected chi connectivity index (χ4v) is 4.64. The molecule has 0 saturated carbocycles. The van der Waals surface area contributed by atoms with Gasteiger partial charge in [0.05, 0.1) is 9.95 Å². The number of aryl methyl sites for hydroxylation is 2. The summed E-state index contributed by atoms with van der Waals surface area (Å²) < 4.78 is 10.8. The van der Waals surface area contributed by atoms with Gasteiger partial charge in [-0.15, -0.1) is 21.5 Å². The third kappa shape index (κ3) is 2.85. The highest BCUT2D eigenvalue weighted by atomic mass is 32.2. The maximum absolute atomic E-state index is 12.8. The van der Waals surface area contributed by atoms with E-state index in [4.69, 9.17) is 14.9 Å². The number of hydrogen-bond donors (Lipinski definition) is 1. The van der Waals surface area contributed by atoms with Gasteiger partial charge in [-0.25, -0.2) is 0 Å². The summed E-state index contributed by atoms with van der Waals surface area (Å²) in [5.74, 6) is 0.682. The molecule has 1 atom stereocenters. The van der Waals surface area contributed by atoms with Gasteiger partial charge in [0.1, 0.15) is 15.9 Å². The first-order chi connectivity index (χ1) is 12.1. The van der Waals surface area contributed by atoms with Gasteiger partial charge >= 0.3 is 0 Å². The van der Waals surface area contributed by atoms with Crippen LogP contribution in [0.1, 0.15) is 34.0 Å². The van der Waals surface area contributed by atoms with E-state index in [1.165, 1.54) is 23.1 Å². The number of nitrogens with one attached hydrogen (secondary N) is 1. The SMILES string of the molecule is CCc1nnc([C@@H]2C(=N)S/C(=C\c3cc4c(cc3C)OCO4)C2=O)s1. The Bertz CT molecular complexity index is 920. The Kier molecular flexibility index (Phi) is 4.09. The zero-order valence-corrected chi connectivity index (χ0v) is 15.3. The van der Waals surface area contributed by atoms with Crippen molar-refractivity contribution in [3.8, 4) is 11.5 Å². The average molecular weight is 373 g/mol. The molecule has 128 valence electrons. The second-order valence-corrected chi connectivity index (χ2v) is 7.90. The highest BCUT2D eigenvalue weighted by Gasteiger charge is 2.39. The quantitative estimate of drug-likeness (QED) is 0.828. The van der Waals surface area contributed by atoms with Crippen molar-refractivity contribution >= 4 is 40.0 Å². The summed E-state index contributed by atoms with van der Waals surface area (Å²) in [6.45, 7) is 4.17. The minimum absolute atomic E-state index is 0.0918. The van der Waals surface area contributed by atoms with Gasteiger partial charge in [0.2, 0.25) is 6.79 Å². The molecule has 3 heterocycles. The molecule has 1 fully saturated rings. The molecule has 8 heteroatoms. The van der Waals surface area contributed by atoms with E-state index in [1.54, 1.807) is 0 Å². The fourth-order valence-electron chi connectivity index (χ4n) is 2.70. The Morgan fingerprint density at radius 3 is 2.80 bits per heavy atom. The van der Waals surface area contributed by atoms with Crippen LogP contribution in [0.2, 0.25) is 0 Å². The summed E-state index contributed by atoms with van der Waals surface area (Å²) >= 11 is 2.60.